The number of morpholine rings is 1. The van der Waals surface area contributed by atoms with E-state index in [0.717, 1.165) is 58.5 Å². The Balaban J connectivity index is 1.68. The van der Waals surface area contributed by atoms with Crippen molar-refractivity contribution in [1.82, 2.24) is 15.2 Å². The van der Waals surface area contributed by atoms with Gasteiger partial charge in [-0.05, 0) is 19.4 Å². The summed E-state index contributed by atoms with van der Waals surface area (Å²) in [5.74, 6) is 0.238. The second-order valence-corrected chi connectivity index (χ2v) is 5.88. The van der Waals surface area contributed by atoms with E-state index in [1.54, 1.807) is 0 Å². The number of carbonyl (C=O) groups excluding carboxylic acids is 1. The van der Waals surface area contributed by atoms with Gasteiger partial charge in [0.05, 0.1) is 19.3 Å². The summed E-state index contributed by atoms with van der Waals surface area (Å²) in [5, 5.41) is 2.87. The summed E-state index contributed by atoms with van der Waals surface area (Å²) in [6, 6.07) is -0.238. The van der Waals surface area contributed by atoms with Gasteiger partial charge in [0.1, 0.15) is 6.26 Å². The molecule has 0 spiro atoms. The Kier molecular flexibility index (Phi) is 7.51. The minimum atomic E-state index is -0.238. The van der Waals surface area contributed by atoms with Gasteiger partial charge >= 0.3 is 0 Å². The van der Waals surface area contributed by atoms with Crippen LogP contribution in [0.1, 0.15) is 55.0 Å². The molecule has 1 unspecified atom stereocenters. The van der Waals surface area contributed by atoms with Gasteiger partial charge in [-0.1, -0.05) is 19.8 Å². The highest BCUT2D eigenvalue weighted by Gasteiger charge is 2.16. The molecular weight excluding hydrogens is 296 g/mol. The molecule has 1 aliphatic heterocycles. The van der Waals surface area contributed by atoms with Gasteiger partial charge in [-0.15, -0.1) is 0 Å². The number of hydrogen-bond donors (Lipinski definition) is 2. The average molecular weight is 324 g/mol. The van der Waals surface area contributed by atoms with Crippen molar-refractivity contribution < 1.29 is 13.9 Å². The van der Waals surface area contributed by atoms with Gasteiger partial charge < -0.3 is 20.2 Å². The molecule has 1 aliphatic rings. The number of nitrogens with one attached hydrogen (secondary N) is 1. The first-order valence-electron chi connectivity index (χ1n) is 8.50. The molecular formula is C16H28N4O3. The molecule has 130 valence electrons. The highest BCUT2D eigenvalue weighted by molar-refractivity contribution is 5.91. The zero-order chi connectivity index (χ0) is 16.5. The summed E-state index contributed by atoms with van der Waals surface area (Å²) in [7, 11) is 0. The number of hydrogen-bond acceptors (Lipinski definition) is 6. The third kappa shape index (κ3) is 5.93. The first-order valence-corrected chi connectivity index (χ1v) is 8.50. The molecule has 0 aliphatic carbocycles. The lowest BCUT2D eigenvalue weighted by atomic mass is 10.1. The standard InChI is InChI=1S/C16H28N4O3/c1-2-3-5-13(17)16-19-14(12-23-16)15(21)18-6-4-7-20-8-10-22-11-9-20/h12-13H,2-11,17H2,1H3,(H,18,21). The van der Waals surface area contributed by atoms with Gasteiger partial charge in [0, 0.05) is 19.6 Å². The molecule has 1 fully saturated rings. The molecule has 7 heteroatoms. The predicted molar refractivity (Wildman–Crippen MR) is 87.2 cm³/mol. The molecule has 1 amide bonds. The Bertz CT molecular complexity index is 472. The molecule has 7 nitrogen and oxygen atoms in total. The van der Waals surface area contributed by atoms with Crippen molar-refractivity contribution >= 4 is 5.91 Å². The Morgan fingerprint density at radius 3 is 2.96 bits per heavy atom. The molecule has 1 aromatic rings. The van der Waals surface area contributed by atoms with E-state index in [2.05, 4.69) is 22.1 Å². The summed E-state index contributed by atoms with van der Waals surface area (Å²) in [6.45, 7) is 7.24. The van der Waals surface area contributed by atoms with E-state index < -0.39 is 0 Å². The van der Waals surface area contributed by atoms with Crippen LogP contribution in [0, 0.1) is 0 Å². The van der Waals surface area contributed by atoms with Crippen molar-refractivity contribution in [2.75, 3.05) is 39.4 Å². The van der Waals surface area contributed by atoms with Gasteiger partial charge in [-0.25, -0.2) is 4.98 Å². The number of nitrogens with zero attached hydrogens (tertiary/aromatic N) is 2. The largest absolute Gasteiger partial charge is 0.446 e. The highest BCUT2D eigenvalue weighted by atomic mass is 16.5. The topological polar surface area (TPSA) is 93.6 Å². The number of aromatic nitrogens is 1. The molecule has 1 aromatic heterocycles. The maximum Gasteiger partial charge on any atom is 0.273 e. The average Bonchev–Trinajstić information content (AvgIpc) is 3.07. The Hall–Kier alpha value is -1.44. The molecule has 2 rings (SSSR count). The number of oxazole rings is 1. The summed E-state index contributed by atoms with van der Waals surface area (Å²) < 4.78 is 10.6. The van der Waals surface area contributed by atoms with Crippen LogP contribution in [-0.4, -0.2) is 55.2 Å². The fourth-order valence-corrected chi connectivity index (χ4v) is 2.53. The van der Waals surface area contributed by atoms with E-state index in [1.165, 1.54) is 6.26 Å². The van der Waals surface area contributed by atoms with Crippen molar-refractivity contribution in [2.24, 2.45) is 5.73 Å². The molecule has 0 bridgehead atoms. The van der Waals surface area contributed by atoms with Crippen molar-refractivity contribution in [1.29, 1.82) is 0 Å². The molecule has 1 atom stereocenters. The summed E-state index contributed by atoms with van der Waals surface area (Å²) in [5.41, 5.74) is 6.30. The minimum absolute atomic E-state index is 0.204. The van der Waals surface area contributed by atoms with E-state index in [0.29, 0.717) is 18.1 Å². The van der Waals surface area contributed by atoms with Crippen molar-refractivity contribution in [3.05, 3.63) is 17.8 Å². The van der Waals surface area contributed by atoms with Crippen LogP contribution in [-0.2, 0) is 4.74 Å². The van der Waals surface area contributed by atoms with E-state index in [-0.39, 0.29) is 11.9 Å². The number of nitrogens with two attached hydrogens (primary N) is 1. The summed E-state index contributed by atoms with van der Waals surface area (Å²) >= 11 is 0. The summed E-state index contributed by atoms with van der Waals surface area (Å²) in [4.78, 5) is 18.6. The van der Waals surface area contributed by atoms with Gasteiger partial charge in [0.25, 0.3) is 5.91 Å². The van der Waals surface area contributed by atoms with Crippen LogP contribution in [0.5, 0.6) is 0 Å². The maximum absolute atomic E-state index is 12.0. The number of amides is 1. The van der Waals surface area contributed by atoms with Gasteiger partial charge in [-0.3, -0.25) is 9.69 Å². The lowest BCUT2D eigenvalue weighted by molar-refractivity contribution is 0.0374. The van der Waals surface area contributed by atoms with E-state index in [1.807, 2.05) is 0 Å². The first kappa shape index (κ1) is 17.9. The fraction of sp³-hybridized carbons (Fsp3) is 0.750. The normalized spacial score (nSPS) is 17.1. The van der Waals surface area contributed by atoms with Crippen LogP contribution < -0.4 is 11.1 Å². The van der Waals surface area contributed by atoms with Crippen LogP contribution >= 0.6 is 0 Å². The molecule has 0 radical (unpaired) electrons. The maximum atomic E-state index is 12.0. The predicted octanol–water partition coefficient (Wildman–Crippen LogP) is 1.32. The Labute approximate surface area is 137 Å². The van der Waals surface area contributed by atoms with Gasteiger partial charge in [0.2, 0.25) is 5.89 Å². The van der Waals surface area contributed by atoms with Crippen molar-refractivity contribution in [3.8, 4) is 0 Å². The first-order chi connectivity index (χ1) is 11.2. The van der Waals surface area contributed by atoms with Crippen LogP contribution in [0.4, 0.5) is 0 Å². The minimum Gasteiger partial charge on any atom is -0.446 e. The van der Waals surface area contributed by atoms with Crippen LogP contribution in [0.2, 0.25) is 0 Å². The number of rotatable bonds is 9. The molecule has 0 aromatic carbocycles. The third-order valence-corrected chi connectivity index (χ3v) is 3.98. The van der Waals surface area contributed by atoms with Crippen LogP contribution in [0.15, 0.2) is 10.7 Å². The fourth-order valence-electron chi connectivity index (χ4n) is 2.53. The summed E-state index contributed by atoms with van der Waals surface area (Å²) in [6.07, 6.45) is 5.21. The van der Waals surface area contributed by atoms with E-state index in [9.17, 15) is 4.79 Å². The van der Waals surface area contributed by atoms with Gasteiger partial charge in [0.15, 0.2) is 5.69 Å². The molecule has 0 saturated carbocycles. The number of carbonyl (C=O) groups is 1. The number of unbranched alkanes of at least 4 members (excludes halogenated alkanes) is 1. The second-order valence-electron chi connectivity index (χ2n) is 5.88. The molecule has 1 saturated heterocycles. The second kappa shape index (κ2) is 9.64. The Morgan fingerprint density at radius 2 is 2.22 bits per heavy atom. The van der Waals surface area contributed by atoms with Crippen molar-refractivity contribution in [2.45, 2.75) is 38.6 Å². The SMILES string of the molecule is CCCCC(N)c1nc(C(=O)NCCCN2CCOCC2)co1. The zero-order valence-electron chi connectivity index (χ0n) is 13.9. The smallest absolute Gasteiger partial charge is 0.273 e. The third-order valence-electron chi connectivity index (χ3n) is 3.98. The zero-order valence-corrected chi connectivity index (χ0v) is 13.9. The van der Waals surface area contributed by atoms with Gasteiger partial charge in [-0.2, -0.15) is 0 Å². The van der Waals surface area contributed by atoms with E-state index in [4.69, 9.17) is 14.9 Å². The lowest BCUT2D eigenvalue weighted by Crippen LogP contribution is -2.38. The van der Waals surface area contributed by atoms with Crippen LogP contribution in [0.3, 0.4) is 0 Å². The van der Waals surface area contributed by atoms with Crippen molar-refractivity contribution in [3.63, 3.8) is 0 Å². The highest BCUT2D eigenvalue weighted by Crippen LogP contribution is 2.16. The molecule has 23 heavy (non-hydrogen) atoms. The van der Waals surface area contributed by atoms with E-state index >= 15 is 0 Å². The lowest BCUT2D eigenvalue weighted by Gasteiger charge is -2.26. The van der Waals surface area contributed by atoms with Crippen LogP contribution in [0.25, 0.3) is 0 Å². The number of ether oxygens (including phenoxy) is 1. The molecule has 3 N–H and O–H groups in total. The molecule has 2 heterocycles. The monoisotopic (exact) mass is 324 g/mol. The quantitative estimate of drug-likeness (QED) is 0.665. The Morgan fingerprint density at radius 1 is 1.43 bits per heavy atom.